The van der Waals surface area contributed by atoms with E-state index in [-0.39, 0.29) is 31.6 Å². The van der Waals surface area contributed by atoms with Crippen molar-refractivity contribution >= 4 is 29.1 Å². The molecule has 0 unspecified atom stereocenters. The van der Waals surface area contributed by atoms with E-state index in [4.69, 9.17) is 24.7 Å². The van der Waals surface area contributed by atoms with E-state index in [9.17, 15) is 14.4 Å². The summed E-state index contributed by atoms with van der Waals surface area (Å²) in [4.78, 5) is 46.9. The zero-order chi connectivity index (χ0) is 32.8. The Bertz CT molecular complexity index is 1250. The highest BCUT2D eigenvalue weighted by molar-refractivity contribution is 7.13. The fraction of sp³-hybridized carbons (Fsp3) is 0.625. The molecule has 0 aliphatic carbocycles. The van der Waals surface area contributed by atoms with Gasteiger partial charge in [-0.15, -0.1) is 11.3 Å². The lowest BCUT2D eigenvalue weighted by molar-refractivity contribution is -0.144. The standard InChI is InChI=1S/C32H49N5O7S/c1-6-44-26-18-23(28-22(2)35-21-45-28)9-10-24(26)19-34-30(39)25-8-7-12-37(25)31(40)29(32(3,4)5)36-27(38)20-43-17-16-42-15-14-41-13-11-33/h9-10,18,21,25,29H,6-8,11-17,19-20,33H2,1-5H3,(H,34,39)(H,36,38)/t25-,29+/m0/s1. The maximum Gasteiger partial charge on any atom is 0.246 e. The molecule has 3 amide bonds. The molecule has 0 saturated carbocycles. The van der Waals surface area contributed by atoms with Crippen molar-refractivity contribution < 1.29 is 33.3 Å². The van der Waals surface area contributed by atoms with E-state index in [0.717, 1.165) is 21.7 Å². The molecular weight excluding hydrogens is 598 g/mol. The third-order valence-electron chi connectivity index (χ3n) is 7.32. The van der Waals surface area contributed by atoms with Crippen molar-refractivity contribution in [3.05, 3.63) is 35.0 Å². The van der Waals surface area contributed by atoms with Gasteiger partial charge in [0.15, 0.2) is 0 Å². The lowest BCUT2D eigenvalue weighted by Gasteiger charge is -2.35. The Morgan fingerprint density at radius 1 is 1.11 bits per heavy atom. The van der Waals surface area contributed by atoms with Crippen LogP contribution < -0.4 is 21.1 Å². The van der Waals surface area contributed by atoms with E-state index < -0.39 is 23.4 Å². The summed E-state index contributed by atoms with van der Waals surface area (Å²) >= 11 is 1.57. The van der Waals surface area contributed by atoms with Crippen molar-refractivity contribution in [3.63, 3.8) is 0 Å². The summed E-state index contributed by atoms with van der Waals surface area (Å²) < 4.78 is 22.0. The molecule has 3 rings (SSSR count). The Kier molecular flexibility index (Phi) is 14.7. The molecule has 2 heterocycles. The number of nitrogens with zero attached hydrogens (tertiary/aromatic N) is 2. The number of nitrogens with two attached hydrogens (primary N) is 1. The minimum absolute atomic E-state index is 0.208. The Hall–Kier alpha value is -3.10. The Balaban J connectivity index is 1.55. The average Bonchev–Trinajstić information content (AvgIpc) is 3.67. The van der Waals surface area contributed by atoms with Crippen LogP contribution in [0.1, 0.15) is 51.8 Å². The van der Waals surface area contributed by atoms with Crippen LogP contribution in [0.2, 0.25) is 0 Å². The molecule has 0 bridgehead atoms. The van der Waals surface area contributed by atoms with Gasteiger partial charge in [0.25, 0.3) is 0 Å². The van der Waals surface area contributed by atoms with Crippen molar-refractivity contribution in [2.45, 2.75) is 66.1 Å². The smallest absolute Gasteiger partial charge is 0.246 e. The van der Waals surface area contributed by atoms with Gasteiger partial charge >= 0.3 is 0 Å². The fourth-order valence-electron chi connectivity index (χ4n) is 5.02. The van der Waals surface area contributed by atoms with Gasteiger partial charge in [0, 0.05) is 25.2 Å². The fourth-order valence-corrected chi connectivity index (χ4v) is 5.82. The minimum Gasteiger partial charge on any atom is -0.494 e. The van der Waals surface area contributed by atoms with Gasteiger partial charge in [-0.05, 0) is 43.7 Å². The molecule has 250 valence electrons. The van der Waals surface area contributed by atoms with Gasteiger partial charge in [0.1, 0.15) is 24.4 Å². The summed E-state index contributed by atoms with van der Waals surface area (Å²) in [5.41, 5.74) is 9.41. The molecule has 4 N–H and O–H groups in total. The van der Waals surface area contributed by atoms with Gasteiger partial charge in [-0.2, -0.15) is 0 Å². The molecule has 45 heavy (non-hydrogen) atoms. The third-order valence-corrected chi connectivity index (χ3v) is 8.30. The summed E-state index contributed by atoms with van der Waals surface area (Å²) in [5, 5.41) is 5.85. The molecule has 13 heteroatoms. The monoisotopic (exact) mass is 647 g/mol. The van der Waals surface area contributed by atoms with Crippen molar-refractivity contribution in [3.8, 4) is 16.2 Å². The van der Waals surface area contributed by atoms with E-state index in [1.54, 1.807) is 16.2 Å². The van der Waals surface area contributed by atoms with Crippen LogP contribution >= 0.6 is 11.3 Å². The topological polar surface area (TPSA) is 154 Å². The summed E-state index contributed by atoms with van der Waals surface area (Å²) in [6.45, 7) is 12.9. The summed E-state index contributed by atoms with van der Waals surface area (Å²) in [6.07, 6.45) is 1.24. The van der Waals surface area contributed by atoms with Crippen LogP contribution in [0.3, 0.4) is 0 Å². The number of hydrogen-bond acceptors (Lipinski definition) is 10. The molecular formula is C32H49N5O7S. The number of hydrogen-bond donors (Lipinski definition) is 3. The first-order valence-electron chi connectivity index (χ1n) is 15.5. The van der Waals surface area contributed by atoms with Gasteiger partial charge in [0.05, 0.1) is 55.7 Å². The van der Waals surface area contributed by atoms with Crippen LogP contribution in [0.25, 0.3) is 10.4 Å². The lowest BCUT2D eigenvalue weighted by Crippen LogP contribution is -2.58. The van der Waals surface area contributed by atoms with Crippen LogP contribution in [0.5, 0.6) is 5.75 Å². The van der Waals surface area contributed by atoms with Gasteiger partial charge in [-0.1, -0.05) is 32.9 Å². The zero-order valence-corrected chi connectivity index (χ0v) is 28.0. The lowest BCUT2D eigenvalue weighted by atomic mass is 9.85. The number of ether oxygens (including phenoxy) is 4. The molecule has 0 radical (unpaired) electrons. The molecule has 2 atom stereocenters. The highest BCUT2D eigenvalue weighted by atomic mass is 32.1. The predicted octanol–water partition coefficient (Wildman–Crippen LogP) is 2.66. The maximum absolute atomic E-state index is 13.8. The first-order chi connectivity index (χ1) is 21.6. The normalized spacial score (nSPS) is 15.6. The Morgan fingerprint density at radius 2 is 1.82 bits per heavy atom. The number of thiazole rings is 1. The van der Waals surface area contributed by atoms with Gasteiger partial charge in [-0.3, -0.25) is 14.4 Å². The number of rotatable bonds is 18. The third kappa shape index (κ3) is 11.0. The van der Waals surface area contributed by atoms with Crippen LogP contribution in [-0.2, 0) is 35.1 Å². The summed E-state index contributed by atoms with van der Waals surface area (Å²) in [6, 6.07) is 4.48. The molecule has 0 spiro atoms. The van der Waals surface area contributed by atoms with Gasteiger partial charge in [-0.25, -0.2) is 4.98 Å². The minimum atomic E-state index is -0.828. The van der Waals surface area contributed by atoms with Crippen LogP contribution in [0.4, 0.5) is 0 Å². The SMILES string of the molecule is CCOc1cc(-c2scnc2C)ccc1CNC(=O)[C@@H]1CCCN1C(=O)[C@@H](NC(=O)COCCOCCOCCN)C(C)(C)C. The molecule has 1 aliphatic heterocycles. The number of amides is 3. The molecule has 1 aromatic heterocycles. The number of nitrogens with one attached hydrogen (secondary N) is 2. The summed E-state index contributed by atoms with van der Waals surface area (Å²) in [5.74, 6) is -0.228. The number of carbonyl (C=O) groups is 3. The van der Waals surface area contributed by atoms with Gasteiger partial charge in [0.2, 0.25) is 17.7 Å². The average molecular weight is 648 g/mol. The molecule has 1 fully saturated rings. The van der Waals surface area contributed by atoms with Crippen LogP contribution in [0.15, 0.2) is 23.7 Å². The van der Waals surface area contributed by atoms with E-state index >= 15 is 0 Å². The highest BCUT2D eigenvalue weighted by Gasteiger charge is 2.41. The number of carbonyl (C=O) groups excluding carboxylic acids is 3. The summed E-state index contributed by atoms with van der Waals surface area (Å²) in [7, 11) is 0. The van der Waals surface area contributed by atoms with E-state index in [2.05, 4.69) is 15.6 Å². The van der Waals surface area contributed by atoms with Crippen molar-refractivity contribution in [1.29, 1.82) is 0 Å². The Morgan fingerprint density at radius 3 is 2.47 bits per heavy atom. The number of benzene rings is 1. The van der Waals surface area contributed by atoms with E-state index in [1.165, 1.54) is 0 Å². The van der Waals surface area contributed by atoms with E-state index in [0.29, 0.717) is 64.7 Å². The second-order valence-electron chi connectivity index (χ2n) is 11.9. The molecule has 12 nitrogen and oxygen atoms in total. The predicted molar refractivity (Wildman–Crippen MR) is 173 cm³/mol. The van der Waals surface area contributed by atoms with Crippen molar-refractivity contribution in [1.82, 2.24) is 20.5 Å². The van der Waals surface area contributed by atoms with Crippen LogP contribution in [0, 0.1) is 12.3 Å². The zero-order valence-electron chi connectivity index (χ0n) is 27.2. The molecule has 1 aliphatic rings. The second kappa shape index (κ2) is 18.1. The molecule has 1 aromatic carbocycles. The first kappa shape index (κ1) is 36.4. The maximum atomic E-state index is 13.8. The molecule has 2 aromatic rings. The number of aryl methyl sites for hydroxylation is 1. The van der Waals surface area contributed by atoms with Crippen LogP contribution in [-0.4, -0.2) is 99.0 Å². The van der Waals surface area contributed by atoms with Crippen molar-refractivity contribution in [2.24, 2.45) is 11.1 Å². The van der Waals surface area contributed by atoms with Gasteiger partial charge < -0.3 is 40.2 Å². The quantitative estimate of drug-likeness (QED) is 0.207. The first-order valence-corrected chi connectivity index (χ1v) is 16.4. The second-order valence-corrected chi connectivity index (χ2v) is 12.7. The van der Waals surface area contributed by atoms with Crippen molar-refractivity contribution in [2.75, 3.05) is 59.3 Å². The molecule has 1 saturated heterocycles. The highest BCUT2D eigenvalue weighted by Crippen LogP contribution is 2.32. The number of likely N-dealkylation sites (tertiary alicyclic amines) is 1. The number of aromatic nitrogens is 1. The largest absolute Gasteiger partial charge is 0.494 e. The van der Waals surface area contributed by atoms with E-state index in [1.807, 2.05) is 58.3 Å². The Labute approximate surface area is 270 Å².